The molecule has 1 fully saturated rings. The highest BCUT2D eigenvalue weighted by molar-refractivity contribution is 7.80. The van der Waals surface area contributed by atoms with Gasteiger partial charge in [-0.2, -0.15) is 0 Å². The summed E-state index contributed by atoms with van der Waals surface area (Å²) < 4.78 is 0. The quantitative estimate of drug-likeness (QED) is 0.507. The number of thiophene rings is 1. The number of carbonyl (C=O) groups excluding carboxylic acids is 1. The van der Waals surface area contributed by atoms with Crippen LogP contribution in [0, 0.1) is 6.92 Å². The summed E-state index contributed by atoms with van der Waals surface area (Å²) in [5, 5.41) is 3.47. The van der Waals surface area contributed by atoms with Crippen LogP contribution in [0.5, 0.6) is 0 Å². The van der Waals surface area contributed by atoms with Crippen LogP contribution in [-0.4, -0.2) is 11.0 Å². The van der Waals surface area contributed by atoms with Gasteiger partial charge in [-0.25, -0.2) is 0 Å². The highest BCUT2D eigenvalue weighted by Gasteiger charge is 2.32. The standard InChI is InChI=1S/C22H18N2OS2/c1-15-6-5-9-17(12-15)24-21(25)20(23-22(24)26)14-19-11-10-18(27-19)13-16-7-3-2-4-8-16/h2-12,14H,13H2,1H3,(H,23,26)/b20-14+. The van der Waals surface area contributed by atoms with E-state index >= 15 is 0 Å². The molecule has 27 heavy (non-hydrogen) atoms. The molecule has 3 nitrogen and oxygen atoms in total. The highest BCUT2D eigenvalue weighted by atomic mass is 32.1. The molecule has 0 atom stereocenters. The Kier molecular flexibility index (Phi) is 4.88. The largest absolute Gasteiger partial charge is 0.327 e. The SMILES string of the molecule is Cc1cccc(N2C(=O)/C(=C\c3ccc(Cc4ccccc4)s3)NC2=S)c1. The first kappa shape index (κ1) is 17.6. The maximum Gasteiger partial charge on any atom is 0.281 e. The first-order chi connectivity index (χ1) is 13.1. The smallest absolute Gasteiger partial charge is 0.281 e. The van der Waals surface area contributed by atoms with Gasteiger partial charge in [-0.15, -0.1) is 11.3 Å². The van der Waals surface area contributed by atoms with Crippen LogP contribution < -0.4 is 10.2 Å². The van der Waals surface area contributed by atoms with Crippen LogP contribution in [0.2, 0.25) is 0 Å². The van der Waals surface area contributed by atoms with Crippen LogP contribution >= 0.6 is 23.6 Å². The summed E-state index contributed by atoms with van der Waals surface area (Å²) >= 11 is 7.07. The van der Waals surface area contributed by atoms with Crippen molar-refractivity contribution in [1.29, 1.82) is 0 Å². The molecule has 3 aromatic rings. The first-order valence-corrected chi connectivity index (χ1v) is 9.89. The van der Waals surface area contributed by atoms with Crippen molar-refractivity contribution in [3.8, 4) is 0 Å². The fourth-order valence-corrected chi connectivity index (χ4v) is 4.33. The van der Waals surface area contributed by atoms with Crippen molar-refractivity contribution in [3.05, 3.63) is 93.3 Å². The van der Waals surface area contributed by atoms with Gasteiger partial charge in [-0.05, 0) is 60.6 Å². The lowest BCUT2D eigenvalue weighted by Gasteiger charge is -2.14. The number of hydrogen-bond acceptors (Lipinski definition) is 3. The maximum absolute atomic E-state index is 12.8. The minimum atomic E-state index is -0.122. The average molecular weight is 391 g/mol. The monoisotopic (exact) mass is 390 g/mol. The van der Waals surface area contributed by atoms with Gasteiger partial charge >= 0.3 is 0 Å². The van der Waals surface area contributed by atoms with Gasteiger partial charge in [-0.3, -0.25) is 9.69 Å². The Morgan fingerprint density at radius 3 is 2.67 bits per heavy atom. The second-order valence-electron chi connectivity index (χ2n) is 6.43. The first-order valence-electron chi connectivity index (χ1n) is 8.66. The molecule has 0 radical (unpaired) electrons. The molecule has 134 valence electrons. The molecule has 1 aliphatic rings. The summed E-state index contributed by atoms with van der Waals surface area (Å²) in [5.41, 5.74) is 3.66. The lowest BCUT2D eigenvalue weighted by atomic mass is 10.1. The molecule has 1 N–H and O–H groups in total. The van der Waals surface area contributed by atoms with Crippen molar-refractivity contribution in [1.82, 2.24) is 5.32 Å². The molecule has 1 aliphatic heterocycles. The number of anilines is 1. The third kappa shape index (κ3) is 3.84. The van der Waals surface area contributed by atoms with Crippen molar-refractivity contribution in [2.24, 2.45) is 0 Å². The summed E-state index contributed by atoms with van der Waals surface area (Å²) in [6.07, 6.45) is 2.77. The molecular formula is C22H18N2OS2. The molecule has 4 rings (SSSR count). The van der Waals surface area contributed by atoms with E-state index in [1.165, 1.54) is 10.4 Å². The van der Waals surface area contributed by atoms with Gasteiger partial charge in [0.05, 0.1) is 5.69 Å². The maximum atomic E-state index is 12.8. The molecule has 2 heterocycles. The summed E-state index contributed by atoms with van der Waals surface area (Å²) in [7, 11) is 0. The number of benzene rings is 2. The topological polar surface area (TPSA) is 32.3 Å². The van der Waals surface area contributed by atoms with E-state index in [0.717, 1.165) is 22.5 Å². The van der Waals surface area contributed by atoms with E-state index < -0.39 is 0 Å². The van der Waals surface area contributed by atoms with Crippen molar-refractivity contribution < 1.29 is 4.79 Å². The van der Waals surface area contributed by atoms with Crippen molar-refractivity contribution >= 4 is 46.3 Å². The van der Waals surface area contributed by atoms with Gasteiger partial charge in [0.15, 0.2) is 5.11 Å². The second kappa shape index (κ2) is 7.47. The van der Waals surface area contributed by atoms with E-state index in [-0.39, 0.29) is 5.91 Å². The van der Waals surface area contributed by atoms with Crippen LogP contribution in [0.3, 0.4) is 0 Å². The molecule has 0 aliphatic carbocycles. The molecule has 0 unspecified atom stereocenters. The van der Waals surface area contributed by atoms with E-state index in [1.807, 2.05) is 61.5 Å². The Morgan fingerprint density at radius 2 is 1.89 bits per heavy atom. The number of thiocarbonyl (C=S) groups is 1. The Morgan fingerprint density at radius 1 is 1.07 bits per heavy atom. The van der Waals surface area contributed by atoms with Crippen molar-refractivity contribution in [2.45, 2.75) is 13.3 Å². The summed E-state index contributed by atoms with van der Waals surface area (Å²) in [6, 6.07) is 22.3. The molecule has 1 aromatic heterocycles. The van der Waals surface area contributed by atoms with Gasteiger partial charge in [0.1, 0.15) is 5.70 Å². The number of amides is 1. The van der Waals surface area contributed by atoms with E-state index in [1.54, 1.807) is 16.2 Å². The van der Waals surface area contributed by atoms with Crippen LogP contribution in [0.25, 0.3) is 6.08 Å². The van der Waals surface area contributed by atoms with Crippen molar-refractivity contribution in [3.63, 3.8) is 0 Å². The molecule has 1 amide bonds. The predicted octanol–water partition coefficient (Wildman–Crippen LogP) is 4.91. The van der Waals surface area contributed by atoms with Gasteiger partial charge in [0, 0.05) is 16.2 Å². The summed E-state index contributed by atoms with van der Waals surface area (Å²) in [4.78, 5) is 16.7. The fourth-order valence-electron chi connectivity index (χ4n) is 3.04. The van der Waals surface area contributed by atoms with E-state index in [2.05, 4.69) is 23.5 Å². The molecule has 1 saturated heterocycles. The van der Waals surface area contributed by atoms with Crippen LogP contribution in [0.4, 0.5) is 5.69 Å². The van der Waals surface area contributed by atoms with Crippen LogP contribution in [0.15, 0.2) is 72.4 Å². The number of rotatable bonds is 4. The highest BCUT2D eigenvalue weighted by Crippen LogP contribution is 2.26. The minimum Gasteiger partial charge on any atom is -0.327 e. The second-order valence-corrected chi connectivity index (χ2v) is 8.02. The number of hydrogen-bond donors (Lipinski definition) is 1. The van der Waals surface area contributed by atoms with E-state index in [9.17, 15) is 4.79 Å². The van der Waals surface area contributed by atoms with Gasteiger partial charge in [-0.1, -0.05) is 42.5 Å². The summed E-state index contributed by atoms with van der Waals surface area (Å²) in [6.45, 7) is 2.00. The molecule has 2 aromatic carbocycles. The normalized spacial score (nSPS) is 15.4. The summed E-state index contributed by atoms with van der Waals surface area (Å²) in [5.74, 6) is -0.122. The van der Waals surface area contributed by atoms with E-state index in [4.69, 9.17) is 12.2 Å². The van der Waals surface area contributed by atoms with Crippen LogP contribution in [-0.2, 0) is 11.2 Å². The molecule has 0 bridgehead atoms. The fraction of sp³-hybridized carbons (Fsp3) is 0.0909. The third-order valence-electron chi connectivity index (χ3n) is 4.33. The zero-order valence-electron chi connectivity index (χ0n) is 14.8. The zero-order valence-corrected chi connectivity index (χ0v) is 16.4. The lowest BCUT2D eigenvalue weighted by Crippen LogP contribution is -2.30. The zero-order chi connectivity index (χ0) is 18.8. The molecule has 0 saturated carbocycles. The number of aryl methyl sites for hydroxylation is 1. The lowest BCUT2D eigenvalue weighted by molar-refractivity contribution is -0.113. The molecule has 0 spiro atoms. The number of nitrogens with zero attached hydrogens (tertiary/aromatic N) is 1. The Bertz CT molecular complexity index is 1040. The molecule has 5 heteroatoms. The average Bonchev–Trinajstić information content (AvgIpc) is 3.20. The minimum absolute atomic E-state index is 0.122. The Labute approximate surface area is 168 Å². The Hall–Kier alpha value is -2.76. The number of carbonyl (C=O) groups is 1. The van der Waals surface area contributed by atoms with Gasteiger partial charge in [0.25, 0.3) is 5.91 Å². The number of nitrogens with one attached hydrogen (secondary N) is 1. The van der Waals surface area contributed by atoms with Crippen LogP contribution in [0.1, 0.15) is 20.9 Å². The third-order valence-corrected chi connectivity index (χ3v) is 5.65. The van der Waals surface area contributed by atoms with E-state index in [0.29, 0.717) is 10.8 Å². The molecular weight excluding hydrogens is 372 g/mol. The predicted molar refractivity (Wildman–Crippen MR) is 116 cm³/mol. The van der Waals surface area contributed by atoms with Gasteiger partial charge < -0.3 is 5.32 Å². The van der Waals surface area contributed by atoms with Gasteiger partial charge in [0.2, 0.25) is 0 Å². The Balaban J connectivity index is 1.55. The van der Waals surface area contributed by atoms with Crippen molar-refractivity contribution in [2.75, 3.05) is 4.90 Å².